The van der Waals surface area contributed by atoms with Crippen LogP contribution in [0.15, 0.2) is 48.5 Å². The lowest BCUT2D eigenvalue weighted by Gasteiger charge is -2.18. The van der Waals surface area contributed by atoms with E-state index in [0.29, 0.717) is 34.5 Å². The molecule has 2 rings (SSSR count). The van der Waals surface area contributed by atoms with Crippen LogP contribution in [0.4, 0.5) is 0 Å². The number of ether oxygens (including phenoxy) is 1. The Labute approximate surface area is 156 Å². The normalized spacial score (nSPS) is 10.2. The van der Waals surface area contributed by atoms with Crippen molar-refractivity contribution < 1.29 is 14.3 Å². The quantitative estimate of drug-likeness (QED) is 0.801. The summed E-state index contributed by atoms with van der Waals surface area (Å²) in [6, 6.07) is 13.8. The van der Waals surface area contributed by atoms with Gasteiger partial charge in [0, 0.05) is 7.05 Å². The first-order chi connectivity index (χ1) is 12.0. The molecule has 25 heavy (non-hydrogen) atoms. The zero-order valence-electron chi connectivity index (χ0n) is 13.7. The second-order valence-corrected chi connectivity index (χ2v) is 6.07. The average molecular weight is 381 g/mol. The minimum Gasteiger partial charge on any atom is -0.490 e. The lowest BCUT2D eigenvalue weighted by molar-refractivity contribution is -0.129. The maximum atomic E-state index is 12.1. The topological polar surface area (TPSA) is 58.6 Å². The van der Waals surface area contributed by atoms with E-state index in [-0.39, 0.29) is 18.4 Å². The highest BCUT2D eigenvalue weighted by molar-refractivity contribution is 6.33. The Balaban J connectivity index is 1.76. The number of hydrogen-bond donors (Lipinski definition) is 1. The Kier molecular flexibility index (Phi) is 7.10. The molecule has 0 atom stereocenters. The molecule has 0 aliphatic carbocycles. The number of benzene rings is 2. The van der Waals surface area contributed by atoms with Crippen LogP contribution < -0.4 is 10.1 Å². The molecular formula is C18H18Cl2N2O3. The predicted octanol–water partition coefficient (Wildman–Crippen LogP) is 3.26. The van der Waals surface area contributed by atoms with Gasteiger partial charge in [-0.05, 0) is 24.3 Å². The summed E-state index contributed by atoms with van der Waals surface area (Å²) in [6.07, 6.45) is 0. The van der Waals surface area contributed by atoms with E-state index in [1.165, 1.54) is 4.90 Å². The number of nitrogens with one attached hydrogen (secondary N) is 1. The standard InChI is InChI=1S/C18H18Cl2N2O3/c1-22(10-11-25-16-9-5-4-8-15(16)20)17(23)12-21-18(24)13-6-2-3-7-14(13)19/h2-9H,10-12H2,1H3,(H,21,24). The monoisotopic (exact) mass is 380 g/mol. The fourth-order valence-electron chi connectivity index (χ4n) is 2.01. The summed E-state index contributed by atoms with van der Waals surface area (Å²) in [5.74, 6) is -0.0557. The second kappa shape index (κ2) is 9.30. The van der Waals surface area contributed by atoms with Gasteiger partial charge in [-0.25, -0.2) is 0 Å². The molecule has 5 nitrogen and oxygen atoms in total. The molecule has 0 saturated carbocycles. The molecule has 0 aromatic heterocycles. The minimum atomic E-state index is -0.389. The molecule has 0 bridgehead atoms. The Morgan fingerprint density at radius 3 is 2.36 bits per heavy atom. The molecule has 0 fully saturated rings. The molecule has 0 spiro atoms. The first-order valence-corrected chi connectivity index (χ1v) is 8.38. The number of amides is 2. The van der Waals surface area contributed by atoms with Crippen molar-refractivity contribution in [3.8, 4) is 5.75 Å². The fraction of sp³-hybridized carbons (Fsp3) is 0.222. The lowest BCUT2D eigenvalue weighted by atomic mass is 10.2. The first kappa shape index (κ1) is 19.1. The number of likely N-dealkylation sites (N-methyl/N-ethyl adjacent to an activating group) is 1. The molecule has 0 saturated heterocycles. The van der Waals surface area contributed by atoms with Crippen molar-refractivity contribution in [2.45, 2.75) is 0 Å². The van der Waals surface area contributed by atoms with E-state index in [1.807, 2.05) is 12.1 Å². The van der Waals surface area contributed by atoms with Crippen molar-refractivity contribution >= 4 is 35.0 Å². The van der Waals surface area contributed by atoms with Gasteiger partial charge in [0.25, 0.3) is 5.91 Å². The first-order valence-electron chi connectivity index (χ1n) is 7.63. The summed E-state index contributed by atoms with van der Waals surface area (Å²) >= 11 is 11.9. The van der Waals surface area contributed by atoms with Gasteiger partial charge >= 0.3 is 0 Å². The van der Waals surface area contributed by atoms with Crippen molar-refractivity contribution in [1.29, 1.82) is 0 Å². The number of hydrogen-bond acceptors (Lipinski definition) is 3. The Bertz CT molecular complexity index is 753. The van der Waals surface area contributed by atoms with Crippen LogP contribution in [0.1, 0.15) is 10.4 Å². The van der Waals surface area contributed by atoms with Crippen molar-refractivity contribution in [2.24, 2.45) is 0 Å². The molecular weight excluding hydrogens is 363 g/mol. The molecule has 7 heteroatoms. The molecule has 2 aromatic carbocycles. The van der Waals surface area contributed by atoms with E-state index in [1.54, 1.807) is 43.4 Å². The van der Waals surface area contributed by atoms with E-state index in [2.05, 4.69) is 5.32 Å². The third-order valence-electron chi connectivity index (χ3n) is 3.47. The highest BCUT2D eigenvalue weighted by atomic mass is 35.5. The van der Waals surface area contributed by atoms with Gasteiger partial charge in [-0.3, -0.25) is 9.59 Å². The molecule has 2 amide bonds. The highest BCUT2D eigenvalue weighted by Gasteiger charge is 2.13. The molecule has 132 valence electrons. The van der Waals surface area contributed by atoms with Crippen molar-refractivity contribution in [3.05, 3.63) is 64.1 Å². The molecule has 0 aliphatic rings. The van der Waals surface area contributed by atoms with Crippen LogP contribution in [0.3, 0.4) is 0 Å². The Hall–Kier alpha value is -2.24. The van der Waals surface area contributed by atoms with E-state index in [4.69, 9.17) is 27.9 Å². The lowest BCUT2D eigenvalue weighted by Crippen LogP contribution is -2.39. The van der Waals surface area contributed by atoms with Gasteiger partial charge in [0.05, 0.1) is 28.7 Å². The van der Waals surface area contributed by atoms with E-state index in [9.17, 15) is 9.59 Å². The second-order valence-electron chi connectivity index (χ2n) is 5.26. The van der Waals surface area contributed by atoms with Crippen LogP contribution in [0.25, 0.3) is 0 Å². The Morgan fingerprint density at radius 2 is 1.68 bits per heavy atom. The maximum Gasteiger partial charge on any atom is 0.253 e. The summed E-state index contributed by atoms with van der Waals surface area (Å²) < 4.78 is 5.54. The molecule has 0 radical (unpaired) electrons. The van der Waals surface area contributed by atoms with Gasteiger partial charge < -0.3 is 15.0 Å². The van der Waals surface area contributed by atoms with Crippen molar-refractivity contribution in [3.63, 3.8) is 0 Å². The molecule has 0 unspecified atom stereocenters. The van der Waals surface area contributed by atoms with Gasteiger partial charge in [0.2, 0.25) is 5.91 Å². The predicted molar refractivity (Wildman–Crippen MR) is 98.4 cm³/mol. The maximum absolute atomic E-state index is 12.1. The number of halogens is 2. The van der Waals surface area contributed by atoms with Crippen molar-refractivity contribution in [1.82, 2.24) is 10.2 Å². The number of carbonyl (C=O) groups excluding carboxylic acids is 2. The van der Waals surface area contributed by atoms with Crippen LogP contribution >= 0.6 is 23.2 Å². The van der Waals surface area contributed by atoms with Crippen LogP contribution in [-0.4, -0.2) is 43.5 Å². The van der Waals surface area contributed by atoms with Crippen LogP contribution in [0.5, 0.6) is 5.75 Å². The third kappa shape index (κ3) is 5.66. The highest BCUT2D eigenvalue weighted by Crippen LogP contribution is 2.22. The number of rotatable bonds is 7. The molecule has 2 aromatic rings. The van der Waals surface area contributed by atoms with Gasteiger partial charge in [-0.1, -0.05) is 47.5 Å². The summed E-state index contributed by atoms with van der Waals surface area (Å²) in [5.41, 5.74) is 0.335. The SMILES string of the molecule is CN(CCOc1ccccc1Cl)C(=O)CNC(=O)c1ccccc1Cl. The Morgan fingerprint density at radius 1 is 1.04 bits per heavy atom. The van der Waals surface area contributed by atoms with Crippen LogP contribution in [-0.2, 0) is 4.79 Å². The van der Waals surface area contributed by atoms with E-state index < -0.39 is 0 Å². The summed E-state index contributed by atoms with van der Waals surface area (Å²) in [4.78, 5) is 25.6. The van der Waals surface area contributed by atoms with Gasteiger partial charge in [0.15, 0.2) is 0 Å². The van der Waals surface area contributed by atoms with Crippen LogP contribution in [0, 0.1) is 0 Å². The van der Waals surface area contributed by atoms with Gasteiger partial charge in [0.1, 0.15) is 12.4 Å². The molecule has 0 heterocycles. The fourth-order valence-corrected chi connectivity index (χ4v) is 2.42. The molecule has 1 N–H and O–H groups in total. The summed E-state index contributed by atoms with van der Waals surface area (Å²) in [6.45, 7) is 0.545. The van der Waals surface area contributed by atoms with Crippen molar-refractivity contribution in [2.75, 3.05) is 26.7 Å². The smallest absolute Gasteiger partial charge is 0.253 e. The van der Waals surface area contributed by atoms with Gasteiger partial charge in [-0.15, -0.1) is 0 Å². The van der Waals surface area contributed by atoms with E-state index in [0.717, 1.165) is 0 Å². The zero-order chi connectivity index (χ0) is 18.2. The van der Waals surface area contributed by atoms with Crippen LogP contribution in [0.2, 0.25) is 10.0 Å². The number of carbonyl (C=O) groups is 2. The van der Waals surface area contributed by atoms with Gasteiger partial charge in [-0.2, -0.15) is 0 Å². The third-order valence-corrected chi connectivity index (χ3v) is 4.11. The minimum absolute atomic E-state index is 0.118. The number of para-hydroxylation sites is 1. The average Bonchev–Trinajstić information content (AvgIpc) is 2.61. The zero-order valence-corrected chi connectivity index (χ0v) is 15.2. The molecule has 0 aliphatic heterocycles. The summed E-state index contributed by atoms with van der Waals surface area (Å²) in [5, 5.41) is 3.42. The van der Waals surface area contributed by atoms with E-state index >= 15 is 0 Å². The largest absolute Gasteiger partial charge is 0.490 e. The summed E-state index contributed by atoms with van der Waals surface area (Å²) in [7, 11) is 1.64. The number of nitrogens with zero attached hydrogens (tertiary/aromatic N) is 1.